The molecule has 1 spiro atoms. The molecule has 0 saturated heterocycles. The Morgan fingerprint density at radius 2 is 2.05 bits per heavy atom. The van der Waals surface area contributed by atoms with Gasteiger partial charge in [-0.3, -0.25) is 4.72 Å². The maximum Gasteiger partial charge on any atom is 0.326 e. The maximum absolute atomic E-state index is 13.0. The Bertz CT molecular complexity index is 1190. The minimum absolute atomic E-state index is 0.126. The average Bonchev–Trinajstić information content (AvgIpc) is 3.18. The van der Waals surface area contributed by atoms with Crippen LogP contribution in [-0.2, 0) is 22.8 Å². The fraction of sp³-hybridized carbons (Fsp3) is 0.483. The highest BCUT2D eigenvalue weighted by atomic mass is 35.5. The maximum atomic E-state index is 13.0. The molecule has 38 heavy (non-hydrogen) atoms. The Labute approximate surface area is 233 Å². The van der Waals surface area contributed by atoms with Crippen molar-refractivity contribution in [3.63, 3.8) is 0 Å². The smallest absolute Gasteiger partial charge is 0.326 e. The zero-order valence-electron chi connectivity index (χ0n) is 22.2. The normalized spacial score (nSPS) is 26.1. The fourth-order valence-corrected chi connectivity index (χ4v) is 6.65. The van der Waals surface area contributed by atoms with Gasteiger partial charge in [0, 0.05) is 37.2 Å². The summed E-state index contributed by atoms with van der Waals surface area (Å²) in [6.45, 7) is 5.06. The number of rotatable bonds is 1. The van der Waals surface area contributed by atoms with Gasteiger partial charge in [-0.2, -0.15) is 0 Å². The average molecular weight is 560 g/mol. The van der Waals surface area contributed by atoms with E-state index in [0.29, 0.717) is 24.0 Å². The van der Waals surface area contributed by atoms with Crippen molar-refractivity contribution in [2.24, 2.45) is 5.92 Å². The number of aliphatic hydroxyl groups is 1. The standard InChI is InChI=1S/C28H34ClN3O3S.CH4O/c1-2-20-6-4-3-5-14-30-27(33)31-36(34)23-8-10-26-25(17-23)32(15-12-20)18-28(19-35-26)13-11-21-16-22(29)7-9-24(21)28;1-2/h3-4,7-10,16-17,20H,2,5-6,11-15,18-19H2,1H3,(H2,30,31,33);2H,1H3/b4-3+;. The number of hydrogen-bond acceptors (Lipinski definition) is 5. The lowest BCUT2D eigenvalue weighted by Crippen LogP contribution is -2.42. The molecule has 7 nitrogen and oxygen atoms in total. The molecule has 3 N–H and O–H groups in total. The van der Waals surface area contributed by atoms with Crippen LogP contribution in [0.15, 0.2) is 53.4 Å². The summed E-state index contributed by atoms with van der Waals surface area (Å²) in [5.41, 5.74) is 3.45. The number of aliphatic hydroxyl groups excluding tert-OH is 1. The second-order valence-corrected chi connectivity index (χ2v) is 11.8. The van der Waals surface area contributed by atoms with Crippen LogP contribution in [0.5, 0.6) is 5.75 Å². The van der Waals surface area contributed by atoms with Crippen LogP contribution in [0.3, 0.4) is 0 Å². The van der Waals surface area contributed by atoms with Gasteiger partial charge in [0.05, 0.1) is 17.2 Å². The summed E-state index contributed by atoms with van der Waals surface area (Å²) in [4.78, 5) is 15.2. The number of hydrogen-bond donors (Lipinski definition) is 3. The van der Waals surface area contributed by atoms with Crippen LogP contribution in [0.25, 0.3) is 0 Å². The summed E-state index contributed by atoms with van der Waals surface area (Å²) in [5, 5.41) is 10.6. The summed E-state index contributed by atoms with van der Waals surface area (Å²) in [6, 6.07) is 11.4. The van der Waals surface area contributed by atoms with Crippen LogP contribution in [-0.4, -0.2) is 48.7 Å². The first kappa shape index (κ1) is 28.5. The monoisotopic (exact) mass is 559 g/mol. The second kappa shape index (κ2) is 13.0. The van der Waals surface area contributed by atoms with Crippen LogP contribution in [0.2, 0.25) is 5.02 Å². The summed E-state index contributed by atoms with van der Waals surface area (Å²) in [7, 11) is -0.664. The van der Waals surface area contributed by atoms with Crippen molar-refractivity contribution in [1.29, 1.82) is 0 Å². The fourth-order valence-electron chi connectivity index (χ4n) is 5.68. The molecule has 2 heterocycles. The van der Waals surface area contributed by atoms with Crippen LogP contribution >= 0.6 is 11.6 Å². The largest absolute Gasteiger partial charge is 0.490 e. The number of amides is 2. The molecule has 3 aliphatic rings. The highest BCUT2D eigenvalue weighted by Gasteiger charge is 2.43. The SMILES string of the molecule is CCC1C/C=C/CCNC(=O)NS(=O)c2ccc3c(c2)N(CC1)CC1(CCc2cc(Cl)ccc21)CO3.CO. The van der Waals surface area contributed by atoms with E-state index in [9.17, 15) is 9.00 Å². The Hall–Kier alpha value is -2.55. The van der Waals surface area contributed by atoms with Crippen molar-refractivity contribution in [2.75, 3.05) is 38.3 Å². The summed E-state index contributed by atoms with van der Waals surface area (Å²) in [6.07, 6.45) is 10.3. The number of fused-ring (bicyclic) bond motifs is 3. The highest BCUT2D eigenvalue weighted by Crippen LogP contribution is 2.45. The molecule has 0 fully saturated rings. The Balaban J connectivity index is 0.00000164. The third kappa shape index (κ3) is 6.35. The van der Waals surface area contributed by atoms with Crippen molar-refractivity contribution in [3.8, 4) is 5.75 Å². The molecule has 2 aliphatic heterocycles. The number of nitrogens with zero attached hydrogens (tertiary/aromatic N) is 1. The number of carbonyl (C=O) groups is 1. The zero-order valence-corrected chi connectivity index (χ0v) is 23.7. The van der Waals surface area contributed by atoms with Crippen molar-refractivity contribution in [3.05, 3.63) is 64.7 Å². The molecule has 0 aromatic heterocycles. The predicted octanol–water partition coefficient (Wildman–Crippen LogP) is 5.12. The van der Waals surface area contributed by atoms with Gasteiger partial charge in [0.1, 0.15) is 5.75 Å². The Morgan fingerprint density at radius 1 is 1.21 bits per heavy atom. The molecule has 0 radical (unpaired) electrons. The molecule has 206 valence electrons. The molecule has 2 aromatic carbocycles. The second-order valence-electron chi connectivity index (χ2n) is 10.1. The van der Waals surface area contributed by atoms with Gasteiger partial charge in [-0.25, -0.2) is 9.00 Å². The van der Waals surface area contributed by atoms with Crippen molar-refractivity contribution in [1.82, 2.24) is 10.0 Å². The molecule has 2 aromatic rings. The number of benzene rings is 2. The lowest BCUT2D eigenvalue weighted by atomic mass is 9.82. The van der Waals surface area contributed by atoms with Gasteiger partial charge in [0.15, 0.2) is 11.0 Å². The third-order valence-corrected chi connectivity index (χ3v) is 9.08. The third-order valence-electron chi connectivity index (χ3n) is 7.80. The Kier molecular flexibility index (Phi) is 9.74. The van der Waals surface area contributed by atoms with Gasteiger partial charge in [-0.1, -0.05) is 43.2 Å². The van der Waals surface area contributed by atoms with Gasteiger partial charge in [-0.05, 0) is 79.5 Å². The number of carbonyl (C=O) groups excluding carboxylic acids is 1. The quantitative estimate of drug-likeness (QED) is 0.422. The topological polar surface area (TPSA) is 90.9 Å². The Morgan fingerprint density at radius 3 is 2.87 bits per heavy atom. The van der Waals surface area contributed by atoms with E-state index >= 15 is 0 Å². The molecule has 3 atom stereocenters. The van der Waals surface area contributed by atoms with E-state index in [2.05, 4.69) is 46.1 Å². The van der Waals surface area contributed by atoms with Gasteiger partial charge in [-0.15, -0.1) is 0 Å². The van der Waals surface area contributed by atoms with Crippen LogP contribution in [0.1, 0.15) is 50.2 Å². The first-order chi connectivity index (χ1) is 18.5. The first-order valence-corrected chi connectivity index (χ1v) is 14.9. The van der Waals surface area contributed by atoms with Crippen molar-refractivity contribution in [2.45, 2.75) is 55.8 Å². The van der Waals surface area contributed by atoms with E-state index in [1.54, 1.807) is 6.07 Å². The summed E-state index contributed by atoms with van der Waals surface area (Å²) in [5.74, 6) is 1.37. The molecule has 1 aliphatic carbocycles. The van der Waals surface area contributed by atoms with Crippen LogP contribution < -0.4 is 19.7 Å². The van der Waals surface area contributed by atoms with Crippen molar-refractivity contribution >= 4 is 34.3 Å². The van der Waals surface area contributed by atoms with Gasteiger partial charge in [0.2, 0.25) is 0 Å². The number of ether oxygens (including phenoxy) is 1. The van der Waals surface area contributed by atoms with E-state index in [-0.39, 0.29) is 5.41 Å². The number of aryl methyl sites for hydroxylation is 1. The van der Waals surface area contributed by atoms with E-state index in [1.165, 1.54) is 11.1 Å². The molecular weight excluding hydrogens is 522 g/mol. The predicted molar refractivity (Wildman–Crippen MR) is 153 cm³/mol. The number of halogens is 1. The van der Waals surface area contributed by atoms with E-state index in [1.807, 2.05) is 18.2 Å². The van der Waals surface area contributed by atoms with Gasteiger partial charge >= 0.3 is 6.03 Å². The van der Waals surface area contributed by atoms with Gasteiger partial charge in [0.25, 0.3) is 0 Å². The van der Waals surface area contributed by atoms with E-state index < -0.39 is 17.0 Å². The molecule has 9 heteroatoms. The lowest BCUT2D eigenvalue weighted by Gasteiger charge is -2.34. The number of anilines is 1. The zero-order chi connectivity index (χ0) is 27.1. The minimum Gasteiger partial charge on any atom is -0.490 e. The molecule has 5 rings (SSSR count). The molecule has 2 bridgehead atoms. The molecule has 0 saturated carbocycles. The number of urea groups is 1. The summed E-state index contributed by atoms with van der Waals surface area (Å²) >= 11 is 6.31. The molecule has 2 amide bonds. The summed E-state index contributed by atoms with van der Waals surface area (Å²) < 4.78 is 22.0. The van der Waals surface area contributed by atoms with Crippen molar-refractivity contribution < 1.29 is 18.8 Å². The highest BCUT2D eigenvalue weighted by molar-refractivity contribution is 7.83. The van der Waals surface area contributed by atoms with E-state index in [0.717, 1.165) is 75.2 Å². The van der Waals surface area contributed by atoms with Gasteiger partial charge < -0.3 is 20.1 Å². The molecular formula is C29H38ClN3O4S. The first-order valence-electron chi connectivity index (χ1n) is 13.3. The lowest BCUT2D eigenvalue weighted by molar-refractivity contribution is 0.226. The number of nitrogens with one attached hydrogen (secondary N) is 2. The van der Waals surface area contributed by atoms with Crippen LogP contribution in [0, 0.1) is 5.92 Å². The van der Waals surface area contributed by atoms with Crippen LogP contribution in [0.4, 0.5) is 10.5 Å². The minimum atomic E-state index is -1.66. The number of allylic oxidation sites excluding steroid dienone is 1. The van der Waals surface area contributed by atoms with E-state index in [4.69, 9.17) is 21.4 Å². The molecule has 3 unspecified atom stereocenters.